The highest BCUT2D eigenvalue weighted by Crippen LogP contribution is 2.54. The average molecular weight is 378 g/mol. The quantitative estimate of drug-likeness (QED) is 0.806. The summed E-state index contributed by atoms with van der Waals surface area (Å²) in [6, 6.07) is 13.1. The first-order chi connectivity index (χ1) is 12.9. The molecule has 0 aromatic heterocycles. The zero-order valence-corrected chi connectivity index (χ0v) is 15.4. The maximum Gasteiger partial charge on any atom is 0.219 e. The molecule has 1 amide bonds. The number of rotatable bonds is 1. The molecule has 27 heavy (non-hydrogen) atoms. The van der Waals surface area contributed by atoms with Crippen LogP contribution in [0.15, 0.2) is 47.2 Å². The molecule has 0 radical (unpaired) electrons. The van der Waals surface area contributed by atoms with Crippen LogP contribution < -0.4 is 5.73 Å². The molecule has 0 bridgehead atoms. The van der Waals surface area contributed by atoms with Crippen molar-refractivity contribution in [3.8, 4) is 18.2 Å². The molecule has 0 saturated heterocycles. The van der Waals surface area contributed by atoms with Gasteiger partial charge in [0, 0.05) is 36.9 Å². The van der Waals surface area contributed by atoms with Crippen LogP contribution in [-0.4, -0.2) is 23.9 Å². The lowest BCUT2D eigenvalue weighted by Gasteiger charge is -2.45. The number of nitrogens with two attached hydrogens (primary N) is 1. The van der Waals surface area contributed by atoms with Crippen LogP contribution >= 0.6 is 11.6 Å². The van der Waals surface area contributed by atoms with Crippen molar-refractivity contribution in [3.63, 3.8) is 0 Å². The van der Waals surface area contributed by atoms with Crippen LogP contribution in [0.5, 0.6) is 0 Å². The Morgan fingerprint density at radius 3 is 2.59 bits per heavy atom. The van der Waals surface area contributed by atoms with E-state index in [4.69, 9.17) is 17.3 Å². The molecule has 7 heteroatoms. The van der Waals surface area contributed by atoms with Crippen molar-refractivity contribution in [2.75, 3.05) is 13.1 Å². The molecule has 0 saturated carbocycles. The lowest BCUT2D eigenvalue weighted by atomic mass is 9.58. The summed E-state index contributed by atoms with van der Waals surface area (Å²) in [5.74, 6) is -1.19. The van der Waals surface area contributed by atoms with Gasteiger partial charge in [0.2, 0.25) is 5.91 Å². The Bertz CT molecular complexity index is 990. The van der Waals surface area contributed by atoms with Gasteiger partial charge in [-0.3, -0.25) is 4.79 Å². The highest BCUT2D eigenvalue weighted by molar-refractivity contribution is 6.30. The summed E-state index contributed by atoms with van der Waals surface area (Å²) in [6.07, 6.45) is 1.79. The molecule has 2 N–H and O–H groups in total. The highest BCUT2D eigenvalue weighted by Gasteiger charge is 2.54. The van der Waals surface area contributed by atoms with Gasteiger partial charge in [-0.05, 0) is 23.3 Å². The van der Waals surface area contributed by atoms with Gasteiger partial charge in [0.1, 0.15) is 6.07 Å². The minimum Gasteiger partial charge on any atom is -0.399 e. The Hall–Kier alpha value is -3.27. The van der Waals surface area contributed by atoms with Gasteiger partial charge in [0.15, 0.2) is 5.41 Å². The van der Waals surface area contributed by atoms with Crippen LogP contribution in [0.2, 0.25) is 5.02 Å². The largest absolute Gasteiger partial charge is 0.399 e. The highest BCUT2D eigenvalue weighted by atomic mass is 35.5. The Kier molecular flexibility index (Phi) is 4.66. The maximum absolute atomic E-state index is 11.9. The van der Waals surface area contributed by atoms with E-state index in [0.29, 0.717) is 29.2 Å². The van der Waals surface area contributed by atoms with Gasteiger partial charge in [-0.15, -0.1) is 0 Å². The molecule has 134 valence electrons. The third kappa shape index (κ3) is 2.74. The molecule has 2 aliphatic rings. The summed E-state index contributed by atoms with van der Waals surface area (Å²) < 4.78 is 0. The first-order valence-electron chi connectivity index (χ1n) is 8.33. The molecule has 1 heterocycles. The van der Waals surface area contributed by atoms with Crippen molar-refractivity contribution in [2.45, 2.75) is 12.8 Å². The second-order valence-electron chi connectivity index (χ2n) is 6.65. The van der Waals surface area contributed by atoms with Crippen molar-refractivity contribution in [1.82, 2.24) is 4.90 Å². The van der Waals surface area contributed by atoms with Gasteiger partial charge >= 0.3 is 0 Å². The average Bonchev–Trinajstić information content (AvgIpc) is 2.66. The molecule has 6 nitrogen and oxygen atoms in total. The van der Waals surface area contributed by atoms with E-state index < -0.39 is 17.3 Å². The van der Waals surface area contributed by atoms with Gasteiger partial charge in [-0.25, -0.2) is 0 Å². The fourth-order valence-electron chi connectivity index (χ4n) is 4.01. The first-order valence-corrected chi connectivity index (χ1v) is 8.71. The number of allylic oxidation sites excluding steroid dienone is 2. The molecule has 1 aromatic carbocycles. The Labute approximate surface area is 162 Å². The van der Waals surface area contributed by atoms with Crippen LogP contribution in [-0.2, 0) is 4.79 Å². The number of amides is 1. The van der Waals surface area contributed by atoms with E-state index in [1.165, 1.54) is 6.92 Å². The Morgan fingerprint density at radius 2 is 2.04 bits per heavy atom. The zero-order chi connectivity index (χ0) is 19.8. The normalized spacial score (nSPS) is 23.4. The number of halogens is 1. The van der Waals surface area contributed by atoms with Crippen molar-refractivity contribution in [3.05, 3.63) is 57.8 Å². The van der Waals surface area contributed by atoms with E-state index in [1.807, 2.05) is 0 Å². The SMILES string of the molecule is CC(=O)N1CC=C2C(C#N)=C(N)C(C#N)(C#N)[C@H](c3cccc(Cl)c3)[C@@H]2C1. The standard InChI is InChI=1S/C20H16ClN5O/c1-12(27)26-6-5-15-16(8-22)19(25)20(10-23,11-24)18(17(15)9-26)13-3-2-4-14(21)7-13/h2-5,7,17-18H,6,9,25H2,1H3/t17-,18-/m1/s1. The third-order valence-corrected chi connectivity index (χ3v) is 5.55. The third-order valence-electron chi connectivity index (χ3n) is 5.32. The van der Waals surface area contributed by atoms with Crippen LogP contribution in [0, 0.1) is 45.3 Å². The van der Waals surface area contributed by atoms with Gasteiger partial charge in [0.25, 0.3) is 0 Å². The lowest BCUT2D eigenvalue weighted by Crippen LogP contribution is -2.48. The maximum atomic E-state index is 11.9. The molecule has 0 unspecified atom stereocenters. The lowest BCUT2D eigenvalue weighted by molar-refractivity contribution is -0.129. The van der Waals surface area contributed by atoms with Crippen LogP contribution in [0.1, 0.15) is 18.4 Å². The molecule has 0 spiro atoms. The molecular weight excluding hydrogens is 362 g/mol. The summed E-state index contributed by atoms with van der Waals surface area (Å²) >= 11 is 6.15. The van der Waals surface area contributed by atoms with Crippen LogP contribution in [0.3, 0.4) is 0 Å². The summed E-state index contributed by atoms with van der Waals surface area (Å²) in [7, 11) is 0. The van der Waals surface area contributed by atoms with Crippen molar-refractivity contribution < 1.29 is 4.79 Å². The van der Waals surface area contributed by atoms with E-state index in [1.54, 1.807) is 35.2 Å². The summed E-state index contributed by atoms with van der Waals surface area (Å²) in [6.45, 7) is 2.11. The summed E-state index contributed by atoms with van der Waals surface area (Å²) in [5.41, 5.74) is 5.96. The second-order valence-corrected chi connectivity index (χ2v) is 7.09. The van der Waals surface area contributed by atoms with Crippen molar-refractivity contribution in [2.24, 2.45) is 17.1 Å². The molecule has 0 fully saturated rings. The van der Waals surface area contributed by atoms with E-state index in [2.05, 4.69) is 18.2 Å². The summed E-state index contributed by atoms with van der Waals surface area (Å²) in [5, 5.41) is 30.0. The number of nitrogens with zero attached hydrogens (tertiary/aromatic N) is 4. The topological polar surface area (TPSA) is 118 Å². The minimum absolute atomic E-state index is 0.0428. The minimum atomic E-state index is -1.72. The summed E-state index contributed by atoms with van der Waals surface area (Å²) in [4.78, 5) is 13.6. The van der Waals surface area contributed by atoms with Gasteiger partial charge in [0.05, 0.1) is 23.4 Å². The number of hydrogen-bond donors (Lipinski definition) is 1. The Morgan fingerprint density at radius 1 is 1.33 bits per heavy atom. The Balaban J connectivity index is 2.32. The molecule has 3 rings (SSSR count). The predicted molar refractivity (Wildman–Crippen MR) is 98.5 cm³/mol. The van der Waals surface area contributed by atoms with Crippen molar-refractivity contribution >= 4 is 17.5 Å². The number of nitriles is 3. The monoisotopic (exact) mass is 377 g/mol. The molecule has 1 aromatic rings. The molecule has 2 atom stereocenters. The smallest absolute Gasteiger partial charge is 0.219 e. The molecule has 1 aliphatic heterocycles. The van der Waals surface area contributed by atoms with E-state index in [9.17, 15) is 20.6 Å². The number of carbonyl (C=O) groups excluding carboxylic acids is 1. The zero-order valence-electron chi connectivity index (χ0n) is 14.6. The van der Waals surface area contributed by atoms with Crippen LogP contribution in [0.4, 0.5) is 0 Å². The van der Waals surface area contributed by atoms with Crippen LogP contribution in [0.25, 0.3) is 0 Å². The van der Waals surface area contributed by atoms with Gasteiger partial charge < -0.3 is 10.6 Å². The van der Waals surface area contributed by atoms with Gasteiger partial charge in [-0.2, -0.15) is 15.8 Å². The predicted octanol–water partition coefficient (Wildman–Crippen LogP) is 2.61. The second kappa shape index (κ2) is 6.80. The fourth-order valence-corrected chi connectivity index (χ4v) is 4.21. The molecular formula is C20H16ClN5O. The van der Waals surface area contributed by atoms with E-state index in [0.717, 1.165) is 0 Å². The van der Waals surface area contributed by atoms with Gasteiger partial charge in [-0.1, -0.05) is 29.8 Å². The number of carbonyl (C=O) groups is 1. The number of benzene rings is 1. The van der Waals surface area contributed by atoms with Crippen molar-refractivity contribution in [1.29, 1.82) is 15.8 Å². The molecule has 1 aliphatic carbocycles. The van der Waals surface area contributed by atoms with E-state index >= 15 is 0 Å². The fraction of sp³-hybridized carbons (Fsp3) is 0.300. The first kappa shape index (κ1) is 18.5. The number of fused-ring (bicyclic) bond motifs is 1. The number of hydrogen-bond acceptors (Lipinski definition) is 5. The van der Waals surface area contributed by atoms with E-state index in [-0.39, 0.29) is 17.2 Å².